The van der Waals surface area contributed by atoms with Gasteiger partial charge in [-0.2, -0.15) is 5.10 Å². The summed E-state index contributed by atoms with van der Waals surface area (Å²) in [5, 5.41) is 11.4. The van der Waals surface area contributed by atoms with E-state index in [2.05, 4.69) is 60.6 Å². The molecule has 1 aliphatic rings. The Morgan fingerprint density at radius 1 is 1.40 bits per heavy atom. The van der Waals surface area contributed by atoms with E-state index >= 15 is 0 Å². The van der Waals surface area contributed by atoms with Gasteiger partial charge in [0.25, 0.3) is 0 Å². The molecular weight excluding hydrogens is 493 g/mol. The molecular formula is C22H34IN5O2. The fourth-order valence-corrected chi connectivity index (χ4v) is 3.89. The van der Waals surface area contributed by atoms with Crippen LogP contribution in [0.1, 0.15) is 41.9 Å². The smallest absolute Gasteiger partial charge is 0.191 e. The third-order valence-electron chi connectivity index (χ3n) is 5.52. The van der Waals surface area contributed by atoms with E-state index in [1.54, 1.807) is 14.2 Å². The maximum absolute atomic E-state index is 5.90. The number of nitrogens with zero attached hydrogens (tertiary/aromatic N) is 3. The van der Waals surface area contributed by atoms with Gasteiger partial charge in [0.1, 0.15) is 17.6 Å². The number of fused-ring (bicyclic) bond motifs is 1. The Morgan fingerprint density at radius 3 is 2.73 bits per heavy atom. The van der Waals surface area contributed by atoms with Crippen LogP contribution < -0.4 is 20.1 Å². The topological polar surface area (TPSA) is 72.7 Å². The van der Waals surface area contributed by atoms with Crippen molar-refractivity contribution in [1.82, 2.24) is 20.4 Å². The number of ether oxygens (including phenoxy) is 2. The summed E-state index contributed by atoms with van der Waals surface area (Å²) < 4.78 is 13.4. The molecule has 2 aromatic rings. The number of guanidine groups is 1. The Balaban J connectivity index is 0.00000320. The molecule has 0 aliphatic carbocycles. The number of aryl methyl sites for hydroxylation is 2. The van der Waals surface area contributed by atoms with E-state index in [4.69, 9.17) is 9.47 Å². The maximum atomic E-state index is 5.90. The van der Waals surface area contributed by atoms with Crippen molar-refractivity contribution < 1.29 is 9.47 Å². The number of rotatable bonds is 6. The van der Waals surface area contributed by atoms with Crippen molar-refractivity contribution in [3.8, 4) is 11.5 Å². The van der Waals surface area contributed by atoms with Crippen LogP contribution in [0.5, 0.6) is 11.5 Å². The summed E-state index contributed by atoms with van der Waals surface area (Å²) in [6.07, 6.45) is 2.03. The van der Waals surface area contributed by atoms with Gasteiger partial charge in [-0.15, -0.1) is 24.0 Å². The number of methoxy groups -OCH3 is 1. The minimum atomic E-state index is 0. The fourth-order valence-electron chi connectivity index (χ4n) is 3.89. The lowest BCUT2D eigenvalue weighted by molar-refractivity contribution is 0.254. The Hall–Kier alpha value is -1.97. The second kappa shape index (κ2) is 10.4. The molecule has 1 aliphatic heterocycles. The standard InChI is InChI=1S/C22H33N5O2.HI/c1-13(8-19-15(3)26-27(6)16(19)4)25-22(23-5)24-12-18-11-21-17(9-14(2)29-21)10-20(18)28-7;/h10-11,13-14H,8-9,12H2,1-7H3,(H2,23,24,25);1H. The van der Waals surface area contributed by atoms with Crippen LogP contribution in [0.25, 0.3) is 0 Å². The highest BCUT2D eigenvalue weighted by Crippen LogP contribution is 2.34. The SMILES string of the molecule is CN=C(NCc1cc2c(cc1OC)CC(C)O2)NC(C)Cc1c(C)nn(C)c1C.I. The van der Waals surface area contributed by atoms with Gasteiger partial charge >= 0.3 is 0 Å². The summed E-state index contributed by atoms with van der Waals surface area (Å²) in [5.74, 6) is 2.58. The van der Waals surface area contributed by atoms with Crippen LogP contribution in [-0.4, -0.2) is 42.0 Å². The van der Waals surface area contributed by atoms with Crippen molar-refractivity contribution in [2.75, 3.05) is 14.2 Å². The Kier molecular flexibility index (Phi) is 8.40. The summed E-state index contributed by atoms with van der Waals surface area (Å²) in [5.41, 5.74) is 5.83. The van der Waals surface area contributed by atoms with Gasteiger partial charge in [0.05, 0.1) is 12.8 Å². The molecule has 7 nitrogen and oxygen atoms in total. The lowest BCUT2D eigenvalue weighted by atomic mass is 10.1. The third-order valence-corrected chi connectivity index (χ3v) is 5.52. The number of hydrogen-bond acceptors (Lipinski definition) is 4. The van der Waals surface area contributed by atoms with Crippen molar-refractivity contribution >= 4 is 29.9 Å². The zero-order valence-corrected chi connectivity index (χ0v) is 21.3. The Bertz CT molecular complexity index is 909. The number of halogens is 1. The van der Waals surface area contributed by atoms with Crippen molar-refractivity contribution in [3.05, 3.63) is 40.2 Å². The van der Waals surface area contributed by atoms with Crippen molar-refractivity contribution in [2.24, 2.45) is 12.0 Å². The molecule has 2 unspecified atom stereocenters. The molecule has 1 aromatic carbocycles. The van der Waals surface area contributed by atoms with E-state index in [-0.39, 0.29) is 36.1 Å². The molecule has 0 saturated carbocycles. The van der Waals surface area contributed by atoms with Crippen LogP contribution in [-0.2, 0) is 26.4 Å². The normalized spacial score (nSPS) is 16.4. The van der Waals surface area contributed by atoms with Crippen LogP contribution >= 0.6 is 24.0 Å². The summed E-state index contributed by atoms with van der Waals surface area (Å²) in [4.78, 5) is 4.38. The lowest BCUT2D eigenvalue weighted by Crippen LogP contribution is -2.42. The monoisotopic (exact) mass is 527 g/mol. The number of nitrogens with one attached hydrogen (secondary N) is 2. The van der Waals surface area contributed by atoms with Gasteiger partial charge in [-0.05, 0) is 51.8 Å². The average Bonchev–Trinajstić information content (AvgIpc) is 3.16. The number of aliphatic imine (C=N–C) groups is 1. The fraction of sp³-hybridized carbons (Fsp3) is 0.545. The molecule has 0 amide bonds. The Morgan fingerprint density at radius 2 is 2.13 bits per heavy atom. The van der Waals surface area contributed by atoms with Gasteiger partial charge < -0.3 is 20.1 Å². The first kappa shape index (κ1) is 24.3. The number of aromatic nitrogens is 2. The van der Waals surface area contributed by atoms with Crippen LogP contribution in [0.4, 0.5) is 0 Å². The quantitative estimate of drug-likeness (QED) is 0.343. The Labute approximate surface area is 196 Å². The highest BCUT2D eigenvalue weighted by atomic mass is 127. The van der Waals surface area contributed by atoms with E-state index < -0.39 is 0 Å². The van der Waals surface area contributed by atoms with Crippen molar-refractivity contribution in [1.29, 1.82) is 0 Å². The van der Waals surface area contributed by atoms with Crippen LogP contribution in [0.3, 0.4) is 0 Å². The molecule has 3 rings (SSSR count). The average molecular weight is 527 g/mol. The van der Waals surface area contributed by atoms with Gasteiger partial charge in [-0.25, -0.2) is 0 Å². The predicted octanol–water partition coefficient (Wildman–Crippen LogP) is 3.28. The molecule has 8 heteroatoms. The van der Waals surface area contributed by atoms with E-state index in [9.17, 15) is 0 Å². The first-order chi connectivity index (χ1) is 13.8. The summed E-state index contributed by atoms with van der Waals surface area (Å²) in [6.45, 7) is 9.02. The minimum Gasteiger partial charge on any atom is -0.496 e. The first-order valence-electron chi connectivity index (χ1n) is 10.1. The maximum Gasteiger partial charge on any atom is 0.191 e. The molecule has 0 fully saturated rings. The molecule has 30 heavy (non-hydrogen) atoms. The molecule has 166 valence electrons. The van der Waals surface area contributed by atoms with Gasteiger partial charge in [0.2, 0.25) is 0 Å². The van der Waals surface area contributed by atoms with Gasteiger partial charge in [0, 0.05) is 49.9 Å². The molecule has 0 spiro atoms. The minimum absolute atomic E-state index is 0. The third kappa shape index (κ3) is 5.39. The van der Waals surface area contributed by atoms with Crippen LogP contribution in [0.2, 0.25) is 0 Å². The van der Waals surface area contributed by atoms with Gasteiger partial charge in [0.15, 0.2) is 5.96 Å². The highest BCUT2D eigenvalue weighted by molar-refractivity contribution is 14.0. The zero-order chi connectivity index (χ0) is 21.1. The first-order valence-corrected chi connectivity index (χ1v) is 10.1. The second-order valence-corrected chi connectivity index (χ2v) is 7.85. The second-order valence-electron chi connectivity index (χ2n) is 7.85. The number of benzene rings is 1. The van der Waals surface area contributed by atoms with Crippen LogP contribution in [0.15, 0.2) is 17.1 Å². The summed E-state index contributed by atoms with van der Waals surface area (Å²) in [6, 6.07) is 4.38. The van der Waals surface area contributed by atoms with E-state index in [1.807, 2.05) is 11.7 Å². The number of hydrogen-bond donors (Lipinski definition) is 2. The summed E-state index contributed by atoms with van der Waals surface area (Å²) >= 11 is 0. The largest absolute Gasteiger partial charge is 0.496 e. The lowest BCUT2D eigenvalue weighted by Gasteiger charge is -2.19. The molecule has 0 saturated heterocycles. The molecule has 2 heterocycles. The zero-order valence-electron chi connectivity index (χ0n) is 19.0. The molecule has 0 bridgehead atoms. The van der Waals surface area contributed by atoms with Gasteiger partial charge in [-0.1, -0.05) is 0 Å². The van der Waals surface area contributed by atoms with E-state index in [1.165, 1.54) is 16.8 Å². The molecule has 2 N–H and O–H groups in total. The van der Waals surface area contributed by atoms with E-state index in [0.717, 1.165) is 41.6 Å². The highest BCUT2D eigenvalue weighted by Gasteiger charge is 2.22. The molecule has 1 aromatic heterocycles. The predicted molar refractivity (Wildman–Crippen MR) is 131 cm³/mol. The molecule has 0 radical (unpaired) electrons. The van der Waals surface area contributed by atoms with Crippen molar-refractivity contribution in [2.45, 2.75) is 59.2 Å². The van der Waals surface area contributed by atoms with E-state index in [0.29, 0.717) is 6.54 Å². The van der Waals surface area contributed by atoms with Gasteiger partial charge in [-0.3, -0.25) is 9.67 Å². The van der Waals surface area contributed by atoms with Crippen LogP contribution in [0, 0.1) is 13.8 Å². The van der Waals surface area contributed by atoms with Crippen molar-refractivity contribution in [3.63, 3.8) is 0 Å². The molecule has 2 atom stereocenters. The summed E-state index contributed by atoms with van der Waals surface area (Å²) in [7, 11) is 5.48.